The summed E-state index contributed by atoms with van der Waals surface area (Å²) in [5.74, 6) is -2.08. The zero-order chi connectivity index (χ0) is 21.0. The molecule has 156 valence electrons. The molecule has 0 amide bonds. The minimum atomic E-state index is -1.02. The van der Waals surface area contributed by atoms with E-state index < -0.39 is 17.6 Å². The number of carbonyl (C=O) groups is 1. The van der Waals surface area contributed by atoms with Crippen molar-refractivity contribution in [2.45, 2.75) is 32.4 Å². The monoisotopic (exact) mass is 411 g/mol. The molecule has 2 N–H and O–H groups in total. The number of benzene rings is 1. The number of aromatic nitrogens is 2. The van der Waals surface area contributed by atoms with Gasteiger partial charge in [-0.25, -0.2) is 13.8 Å². The number of allylic oxidation sites excluding steroid dienone is 1. The fraction of sp³-hybridized carbons (Fsp3) is 0.409. The van der Waals surface area contributed by atoms with Crippen molar-refractivity contribution < 1.29 is 13.6 Å². The number of nitrogens with zero attached hydrogens (tertiary/aromatic N) is 4. The maximum Gasteiger partial charge on any atom is 0.175 e. The van der Waals surface area contributed by atoms with Gasteiger partial charge in [0.1, 0.15) is 5.84 Å². The summed E-state index contributed by atoms with van der Waals surface area (Å²) in [6, 6.07) is 5.78. The van der Waals surface area contributed by atoms with E-state index in [0.717, 1.165) is 44.2 Å². The molecular weight excluding hydrogens is 388 g/mol. The van der Waals surface area contributed by atoms with Crippen molar-refractivity contribution in [3.63, 3.8) is 0 Å². The van der Waals surface area contributed by atoms with Crippen LogP contribution in [-0.4, -0.2) is 39.4 Å². The molecule has 0 saturated carbocycles. The molecule has 1 saturated heterocycles. The van der Waals surface area contributed by atoms with Gasteiger partial charge in [0.2, 0.25) is 0 Å². The number of piperidine rings is 1. The predicted octanol–water partition coefficient (Wildman–Crippen LogP) is 2.92. The van der Waals surface area contributed by atoms with Crippen molar-refractivity contribution >= 4 is 17.2 Å². The number of halogens is 2. The second-order valence-corrected chi connectivity index (χ2v) is 8.46. The summed E-state index contributed by atoms with van der Waals surface area (Å²) in [6.45, 7) is 4.07. The van der Waals surface area contributed by atoms with Gasteiger partial charge in [-0.15, -0.1) is 0 Å². The Labute approximate surface area is 173 Å². The van der Waals surface area contributed by atoms with Crippen LogP contribution in [0, 0.1) is 23.0 Å². The average Bonchev–Trinajstić information content (AvgIpc) is 3.29. The molecule has 30 heavy (non-hydrogen) atoms. The van der Waals surface area contributed by atoms with Crippen LogP contribution in [0.5, 0.6) is 0 Å². The van der Waals surface area contributed by atoms with Gasteiger partial charge in [0.15, 0.2) is 17.4 Å². The molecule has 1 aromatic heterocycles. The Balaban J connectivity index is 1.36. The Kier molecular flexibility index (Phi) is 4.36. The van der Waals surface area contributed by atoms with E-state index in [4.69, 9.17) is 5.73 Å². The minimum Gasteiger partial charge on any atom is -0.359 e. The number of rotatable bonds is 1. The highest BCUT2D eigenvalue weighted by atomic mass is 19.2. The van der Waals surface area contributed by atoms with Gasteiger partial charge in [-0.1, -0.05) is 12.1 Å². The predicted molar refractivity (Wildman–Crippen MR) is 108 cm³/mol. The lowest BCUT2D eigenvalue weighted by molar-refractivity contribution is -0.115. The van der Waals surface area contributed by atoms with Crippen LogP contribution in [0.4, 0.5) is 8.78 Å². The Bertz CT molecular complexity index is 1080. The highest BCUT2D eigenvalue weighted by Crippen LogP contribution is 2.47. The van der Waals surface area contributed by atoms with E-state index in [1.54, 1.807) is 13.1 Å². The molecule has 1 unspecified atom stereocenters. The number of hydrogen-bond donors (Lipinski definition) is 1. The smallest absolute Gasteiger partial charge is 0.175 e. The number of amidine groups is 1. The van der Waals surface area contributed by atoms with Gasteiger partial charge in [0.05, 0.1) is 17.7 Å². The first kappa shape index (κ1) is 19.1. The van der Waals surface area contributed by atoms with Crippen molar-refractivity contribution in [2.24, 2.45) is 22.1 Å². The molecule has 5 rings (SSSR count). The van der Waals surface area contributed by atoms with Crippen LogP contribution < -0.4 is 5.73 Å². The van der Waals surface area contributed by atoms with Crippen molar-refractivity contribution in [1.82, 2.24) is 14.7 Å². The van der Waals surface area contributed by atoms with Gasteiger partial charge < -0.3 is 10.6 Å². The van der Waals surface area contributed by atoms with E-state index >= 15 is 0 Å². The van der Waals surface area contributed by atoms with Gasteiger partial charge in [0.25, 0.3) is 0 Å². The quantitative estimate of drug-likeness (QED) is 0.783. The van der Waals surface area contributed by atoms with Gasteiger partial charge >= 0.3 is 0 Å². The highest BCUT2D eigenvalue weighted by Gasteiger charge is 2.47. The molecule has 6 nitrogen and oxygen atoms in total. The Morgan fingerprint density at radius 3 is 2.70 bits per heavy atom. The van der Waals surface area contributed by atoms with E-state index in [0.29, 0.717) is 5.84 Å². The largest absolute Gasteiger partial charge is 0.359 e. The lowest BCUT2D eigenvalue weighted by Crippen LogP contribution is -2.49. The summed E-state index contributed by atoms with van der Waals surface area (Å²) in [5, 5.41) is 4.37. The summed E-state index contributed by atoms with van der Waals surface area (Å²) >= 11 is 0. The maximum absolute atomic E-state index is 14.2. The van der Waals surface area contributed by atoms with E-state index in [1.165, 1.54) is 18.3 Å². The summed E-state index contributed by atoms with van der Waals surface area (Å²) in [7, 11) is 0. The Hall–Kier alpha value is -2.87. The molecule has 3 aliphatic rings. The Morgan fingerprint density at radius 1 is 1.20 bits per heavy atom. The molecule has 0 radical (unpaired) electrons. The van der Waals surface area contributed by atoms with Crippen molar-refractivity contribution in [3.8, 4) is 0 Å². The zero-order valence-electron chi connectivity index (χ0n) is 16.7. The molecule has 8 heteroatoms. The summed E-state index contributed by atoms with van der Waals surface area (Å²) in [6.07, 6.45) is 4.92. The van der Waals surface area contributed by atoms with Crippen LogP contribution >= 0.6 is 0 Å². The second-order valence-electron chi connectivity index (χ2n) is 8.46. The summed E-state index contributed by atoms with van der Waals surface area (Å²) in [5.41, 5.74) is 7.67. The third kappa shape index (κ3) is 2.74. The van der Waals surface area contributed by atoms with Crippen LogP contribution in [-0.2, 0) is 11.3 Å². The lowest BCUT2D eigenvalue weighted by atomic mass is 9.73. The summed E-state index contributed by atoms with van der Waals surface area (Å²) < 4.78 is 29.8. The van der Waals surface area contributed by atoms with Crippen molar-refractivity contribution in [1.29, 1.82) is 0 Å². The Morgan fingerprint density at radius 2 is 1.97 bits per heavy atom. The number of fused-ring (bicyclic) bond motifs is 1. The van der Waals surface area contributed by atoms with E-state index in [2.05, 4.69) is 15.0 Å². The normalized spacial score (nSPS) is 25.3. The lowest BCUT2D eigenvalue weighted by Gasteiger charge is -2.43. The minimum absolute atomic E-state index is 0.0196. The third-order valence-electron chi connectivity index (χ3n) is 6.89. The number of nitrogens with two attached hydrogens (primary N) is 1. The van der Waals surface area contributed by atoms with E-state index in [9.17, 15) is 13.6 Å². The van der Waals surface area contributed by atoms with Crippen LogP contribution in [0.3, 0.4) is 0 Å². The van der Waals surface area contributed by atoms with Crippen LogP contribution in [0.25, 0.3) is 5.57 Å². The van der Waals surface area contributed by atoms with E-state index in [1.807, 2.05) is 10.7 Å². The second kappa shape index (κ2) is 6.84. The number of ketones is 1. The van der Waals surface area contributed by atoms with Gasteiger partial charge in [-0.2, -0.15) is 5.10 Å². The maximum atomic E-state index is 14.2. The van der Waals surface area contributed by atoms with Crippen LogP contribution in [0.2, 0.25) is 0 Å². The van der Waals surface area contributed by atoms with E-state index in [-0.39, 0.29) is 28.4 Å². The van der Waals surface area contributed by atoms with Crippen molar-refractivity contribution in [3.05, 3.63) is 59.6 Å². The molecule has 1 spiro atoms. The zero-order valence-corrected chi connectivity index (χ0v) is 16.7. The molecule has 1 aromatic carbocycles. The van der Waals surface area contributed by atoms with Gasteiger partial charge in [-0.3, -0.25) is 9.48 Å². The van der Waals surface area contributed by atoms with Crippen LogP contribution in [0.1, 0.15) is 37.1 Å². The molecule has 3 aliphatic heterocycles. The number of Topliss-reactive ketones (excluding diaryl/α,β-unsaturated/α-hetero) is 1. The fourth-order valence-electron chi connectivity index (χ4n) is 5.03. The molecule has 4 heterocycles. The SMILES string of the molecule is C[C@@H]1C(=O)C(c2cccc(F)c2F)=CN=C1N1CCC2(CC1)Cn1nccc1C2N. The number of aliphatic imine (C=N–C) groups is 1. The molecule has 2 atom stereocenters. The first-order valence-electron chi connectivity index (χ1n) is 10.2. The third-order valence-corrected chi connectivity index (χ3v) is 6.89. The van der Waals surface area contributed by atoms with Gasteiger partial charge in [0, 0.05) is 48.6 Å². The number of carbonyl (C=O) groups excluding carboxylic acids is 1. The topological polar surface area (TPSA) is 76.5 Å². The first-order valence-corrected chi connectivity index (χ1v) is 10.2. The molecule has 0 aliphatic carbocycles. The molecular formula is C22H23F2N5O. The van der Waals surface area contributed by atoms with Crippen molar-refractivity contribution in [2.75, 3.05) is 13.1 Å². The number of hydrogen-bond acceptors (Lipinski definition) is 5. The molecule has 1 fully saturated rings. The van der Waals surface area contributed by atoms with Crippen LogP contribution in [0.15, 0.2) is 41.7 Å². The fourth-order valence-corrected chi connectivity index (χ4v) is 5.03. The summed E-state index contributed by atoms with van der Waals surface area (Å²) in [4.78, 5) is 19.6. The first-order chi connectivity index (χ1) is 14.4. The molecule has 2 aromatic rings. The molecule has 0 bridgehead atoms. The highest BCUT2D eigenvalue weighted by molar-refractivity contribution is 6.29. The standard InChI is InChI=1S/C22H23F2N5O/c1-13-19(30)15(14-3-2-4-16(23)18(14)24)11-26-21(13)28-9-6-22(7-10-28)12-29-17(20(22)25)5-8-27-29/h2-5,8,11,13,20H,6-7,9-10,12,25H2,1H3/t13-,20?/m1/s1. The number of likely N-dealkylation sites (tertiary alicyclic amines) is 1. The van der Waals surface area contributed by atoms with Gasteiger partial charge in [-0.05, 0) is 31.9 Å². The average molecular weight is 411 g/mol.